The largest absolute Gasteiger partial charge is 0.362 e. The van der Waals surface area contributed by atoms with Crippen LogP contribution >= 0.6 is 23.6 Å². The Morgan fingerprint density at radius 2 is 2.19 bits per heavy atom. The number of hydrogen-bond donors (Lipinski definition) is 2. The summed E-state index contributed by atoms with van der Waals surface area (Å²) >= 11 is 6.87. The van der Waals surface area contributed by atoms with Crippen molar-refractivity contribution >= 4 is 28.7 Å². The van der Waals surface area contributed by atoms with E-state index in [1.165, 1.54) is 0 Å². The van der Waals surface area contributed by atoms with Gasteiger partial charge in [0.15, 0.2) is 5.11 Å². The Bertz CT molecular complexity index is 347. The van der Waals surface area contributed by atoms with Crippen LogP contribution < -0.4 is 10.6 Å². The highest BCUT2D eigenvalue weighted by Gasteiger charge is 2.10. The molecule has 0 bridgehead atoms. The molecule has 0 aliphatic heterocycles. The summed E-state index contributed by atoms with van der Waals surface area (Å²) in [6, 6.07) is 0.172. The third-order valence-electron chi connectivity index (χ3n) is 2.03. The van der Waals surface area contributed by atoms with Crippen molar-refractivity contribution in [3.63, 3.8) is 0 Å². The van der Waals surface area contributed by atoms with Gasteiger partial charge in [-0.2, -0.15) is 0 Å². The third-order valence-corrected chi connectivity index (χ3v) is 3.43. The van der Waals surface area contributed by atoms with Crippen molar-refractivity contribution in [1.82, 2.24) is 15.6 Å². The van der Waals surface area contributed by atoms with E-state index in [-0.39, 0.29) is 6.04 Å². The average molecular weight is 257 g/mol. The van der Waals surface area contributed by atoms with Gasteiger partial charge in [0.2, 0.25) is 0 Å². The predicted molar refractivity (Wildman–Crippen MR) is 73.8 cm³/mol. The summed E-state index contributed by atoms with van der Waals surface area (Å²) in [4.78, 5) is 4.43. The number of nitrogens with one attached hydrogen (secondary N) is 2. The van der Waals surface area contributed by atoms with E-state index < -0.39 is 0 Å². The van der Waals surface area contributed by atoms with Gasteiger partial charge in [-0.3, -0.25) is 0 Å². The van der Waals surface area contributed by atoms with E-state index in [0.717, 1.165) is 17.2 Å². The van der Waals surface area contributed by atoms with Crippen molar-refractivity contribution in [2.45, 2.75) is 33.7 Å². The molecule has 1 rings (SSSR count). The fraction of sp³-hybridized carbons (Fsp3) is 0.636. The number of thiocarbonyl (C=S) groups is 1. The zero-order chi connectivity index (χ0) is 12.1. The zero-order valence-corrected chi connectivity index (χ0v) is 11.8. The molecule has 0 radical (unpaired) electrons. The quantitative estimate of drug-likeness (QED) is 0.813. The molecule has 1 aromatic heterocycles. The molecule has 0 saturated carbocycles. The van der Waals surface area contributed by atoms with E-state index in [4.69, 9.17) is 12.2 Å². The fourth-order valence-corrected chi connectivity index (χ4v) is 2.24. The molecule has 90 valence electrons. The van der Waals surface area contributed by atoms with Crippen LogP contribution in [0.25, 0.3) is 0 Å². The van der Waals surface area contributed by atoms with E-state index in [1.807, 2.05) is 6.92 Å². The minimum absolute atomic E-state index is 0.172. The highest BCUT2D eigenvalue weighted by atomic mass is 32.1. The number of aromatic nitrogens is 1. The molecule has 0 aliphatic rings. The van der Waals surface area contributed by atoms with Crippen LogP contribution in [-0.2, 0) is 0 Å². The molecule has 0 amide bonds. The first-order valence-electron chi connectivity index (χ1n) is 5.45. The highest BCUT2D eigenvalue weighted by Crippen LogP contribution is 2.16. The summed E-state index contributed by atoms with van der Waals surface area (Å²) in [7, 11) is 0. The molecule has 1 aromatic rings. The molecular formula is C11H19N3S2. The second kappa shape index (κ2) is 6.15. The maximum Gasteiger partial charge on any atom is 0.166 e. The van der Waals surface area contributed by atoms with Gasteiger partial charge in [0.25, 0.3) is 0 Å². The van der Waals surface area contributed by atoms with Crippen molar-refractivity contribution in [3.8, 4) is 0 Å². The van der Waals surface area contributed by atoms with Crippen molar-refractivity contribution < 1.29 is 0 Å². The van der Waals surface area contributed by atoms with E-state index in [2.05, 4.69) is 41.8 Å². The molecule has 16 heavy (non-hydrogen) atoms. The predicted octanol–water partition coefficient (Wildman–Crippen LogP) is 2.63. The maximum absolute atomic E-state index is 5.21. The van der Waals surface area contributed by atoms with Crippen LogP contribution in [0.2, 0.25) is 0 Å². The Balaban J connectivity index is 2.39. The van der Waals surface area contributed by atoms with E-state index in [9.17, 15) is 0 Å². The minimum Gasteiger partial charge on any atom is -0.362 e. The van der Waals surface area contributed by atoms with E-state index in [0.29, 0.717) is 11.0 Å². The SMILES string of the molecule is Cc1csc(C(C)NC(=S)NCC(C)C)n1. The molecule has 3 nitrogen and oxygen atoms in total. The van der Waals surface area contributed by atoms with Crippen molar-refractivity contribution in [2.24, 2.45) is 5.92 Å². The lowest BCUT2D eigenvalue weighted by Gasteiger charge is -2.16. The topological polar surface area (TPSA) is 37.0 Å². The number of thiazole rings is 1. The van der Waals surface area contributed by atoms with Crippen LogP contribution in [0.5, 0.6) is 0 Å². The molecule has 0 fully saturated rings. The van der Waals surface area contributed by atoms with Gasteiger partial charge in [-0.05, 0) is 32.0 Å². The number of nitrogens with zero attached hydrogens (tertiary/aromatic N) is 1. The monoisotopic (exact) mass is 257 g/mol. The Hall–Kier alpha value is -0.680. The number of hydrogen-bond acceptors (Lipinski definition) is 3. The first-order chi connectivity index (χ1) is 7.49. The Morgan fingerprint density at radius 1 is 1.50 bits per heavy atom. The standard InChI is InChI=1S/C11H19N3S2/c1-7(2)5-12-11(15)14-9(4)10-13-8(3)6-16-10/h6-7,9H,5H2,1-4H3,(H2,12,14,15). The van der Waals surface area contributed by atoms with Gasteiger partial charge in [0.05, 0.1) is 6.04 Å². The van der Waals surface area contributed by atoms with Crippen LogP contribution in [0.1, 0.15) is 37.5 Å². The fourth-order valence-electron chi connectivity index (χ4n) is 1.18. The van der Waals surface area contributed by atoms with Gasteiger partial charge >= 0.3 is 0 Å². The van der Waals surface area contributed by atoms with Gasteiger partial charge < -0.3 is 10.6 Å². The van der Waals surface area contributed by atoms with Gasteiger partial charge in [-0.15, -0.1) is 11.3 Å². The Labute approximate surface area is 107 Å². The van der Waals surface area contributed by atoms with Crippen LogP contribution in [0.3, 0.4) is 0 Å². The minimum atomic E-state index is 0.172. The number of aryl methyl sites for hydroxylation is 1. The van der Waals surface area contributed by atoms with Crippen molar-refractivity contribution in [2.75, 3.05) is 6.54 Å². The second-order valence-corrected chi connectivity index (χ2v) is 5.59. The molecule has 1 atom stereocenters. The molecule has 1 heterocycles. The molecule has 0 aromatic carbocycles. The molecule has 1 unspecified atom stereocenters. The lowest BCUT2D eigenvalue weighted by Crippen LogP contribution is -2.38. The molecule has 0 spiro atoms. The summed E-state index contributed by atoms with van der Waals surface area (Å²) in [5.74, 6) is 0.595. The van der Waals surface area contributed by atoms with Crippen LogP contribution in [0.4, 0.5) is 0 Å². The molecule has 5 heteroatoms. The summed E-state index contributed by atoms with van der Waals surface area (Å²) in [5, 5.41) is 10.3. The lowest BCUT2D eigenvalue weighted by molar-refractivity contribution is 0.608. The smallest absolute Gasteiger partial charge is 0.166 e. The van der Waals surface area contributed by atoms with E-state index in [1.54, 1.807) is 11.3 Å². The number of rotatable bonds is 4. The van der Waals surface area contributed by atoms with Crippen LogP contribution in [0.15, 0.2) is 5.38 Å². The normalized spacial score (nSPS) is 12.6. The van der Waals surface area contributed by atoms with Gasteiger partial charge in [0.1, 0.15) is 5.01 Å². The summed E-state index contributed by atoms with van der Waals surface area (Å²) in [6.45, 7) is 9.28. The summed E-state index contributed by atoms with van der Waals surface area (Å²) < 4.78 is 0. The van der Waals surface area contributed by atoms with Crippen LogP contribution in [0, 0.1) is 12.8 Å². The van der Waals surface area contributed by atoms with Gasteiger partial charge in [-0.25, -0.2) is 4.98 Å². The second-order valence-electron chi connectivity index (χ2n) is 4.30. The van der Waals surface area contributed by atoms with Gasteiger partial charge in [0, 0.05) is 17.6 Å². The highest BCUT2D eigenvalue weighted by molar-refractivity contribution is 7.80. The first-order valence-corrected chi connectivity index (χ1v) is 6.74. The maximum atomic E-state index is 5.21. The molecular weight excluding hydrogens is 238 g/mol. The van der Waals surface area contributed by atoms with Gasteiger partial charge in [-0.1, -0.05) is 13.8 Å². The van der Waals surface area contributed by atoms with E-state index >= 15 is 0 Å². The average Bonchev–Trinajstić information content (AvgIpc) is 2.62. The molecule has 0 aliphatic carbocycles. The third kappa shape index (κ3) is 4.45. The first kappa shape index (κ1) is 13.4. The summed E-state index contributed by atoms with van der Waals surface area (Å²) in [6.07, 6.45) is 0. The van der Waals surface area contributed by atoms with Crippen molar-refractivity contribution in [1.29, 1.82) is 0 Å². The zero-order valence-electron chi connectivity index (χ0n) is 10.2. The molecule has 0 saturated heterocycles. The lowest BCUT2D eigenvalue weighted by atomic mass is 10.2. The molecule has 2 N–H and O–H groups in total. The summed E-state index contributed by atoms with van der Waals surface area (Å²) in [5.41, 5.74) is 1.06. The van der Waals surface area contributed by atoms with Crippen molar-refractivity contribution in [3.05, 3.63) is 16.1 Å². The Kier molecular flexibility index (Phi) is 5.15. The van der Waals surface area contributed by atoms with Crippen LogP contribution in [-0.4, -0.2) is 16.6 Å². The Morgan fingerprint density at radius 3 is 2.69 bits per heavy atom.